The maximum absolute atomic E-state index is 11.6. The molecule has 0 N–H and O–H groups in total. The van der Waals surface area contributed by atoms with Crippen molar-refractivity contribution in [2.24, 2.45) is 0 Å². The van der Waals surface area contributed by atoms with Gasteiger partial charge in [0.05, 0.1) is 18.9 Å². The van der Waals surface area contributed by atoms with E-state index in [0.717, 1.165) is 0 Å². The van der Waals surface area contributed by atoms with Gasteiger partial charge in [0.2, 0.25) is 0 Å². The Balaban J connectivity index is 2.57. The number of carbonyl (C=O) groups excluding carboxylic acids is 1. The van der Waals surface area contributed by atoms with Gasteiger partial charge in [-0.25, -0.2) is 4.79 Å². The molecule has 0 unspecified atom stereocenters. The Labute approximate surface area is 97.6 Å². The predicted molar refractivity (Wildman–Crippen MR) is 60.5 cm³/mol. The van der Waals surface area contributed by atoms with Crippen LogP contribution in [0.2, 0.25) is 5.02 Å². The third kappa shape index (κ3) is 1.95. The van der Waals surface area contributed by atoms with E-state index in [0.29, 0.717) is 21.9 Å². The SMILES string of the molecule is COC(=O)c1cc(Cl)ccc1-c1ccco1. The summed E-state index contributed by atoms with van der Waals surface area (Å²) in [6.07, 6.45) is 1.55. The van der Waals surface area contributed by atoms with Crippen molar-refractivity contribution in [2.75, 3.05) is 7.11 Å². The molecule has 0 aliphatic heterocycles. The summed E-state index contributed by atoms with van der Waals surface area (Å²) in [6, 6.07) is 8.52. The van der Waals surface area contributed by atoms with Gasteiger partial charge < -0.3 is 9.15 Å². The van der Waals surface area contributed by atoms with E-state index in [-0.39, 0.29) is 0 Å². The smallest absolute Gasteiger partial charge is 0.338 e. The van der Waals surface area contributed by atoms with Gasteiger partial charge in [0.1, 0.15) is 5.76 Å². The molecule has 0 spiro atoms. The van der Waals surface area contributed by atoms with Gasteiger partial charge in [0.25, 0.3) is 0 Å². The number of halogens is 1. The van der Waals surface area contributed by atoms with Crippen LogP contribution in [0.1, 0.15) is 10.4 Å². The summed E-state index contributed by atoms with van der Waals surface area (Å²) in [5, 5.41) is 0.482. The number of hydrogen-bond donors (Lipinski definition) is 0. The van der Waals surface area contributed by atoms with E-state index >= 15 is 0 Å². The molecule has 0 saturated heterocycles. The van der Waals surface area contributed by atoms with Crippen LogP contribution >= 0.6 is 11.6 Å². The lowest BCUT2D eigenvalue weighted by Gasteiger charge is -2.05. The topological polar surface area (TPSA) is 39.4 Å². The molecule has 4 heteroatoms. The van der Waals surface area contributed by atoms with Crippen molar-refractivity contribution >= 4 is 17.6 Å². The molecule has 0 aliphatic rings. The second-order valence-corrected chi connectivity index (χ2v) is 3.60. The average molecular weight is 237 g/mol. The number of benzene rings is 1. The van der Waals surface area contributed by atoms with Crippen LogP contribution in [0.3, 0.4) is 0 Å². The van der Waals surface area contributed by atoms with Crippen molar-refractivity contribution in [1.29, 1.82) is 0 Å². The highest BCUT2D eigenvalue weighted by molar-refractivity contribution is 6.31. The maximum atomic E-state index is 11.6. The fraction of sp³-hybridized carbons (Fsp3) is 0.0833. The number of hydrogen-bond acceptors (Lipinski definition) is 3. The Morgan fingerprint density at radius 3 is 2.81 bits per heavy atom. The Hall–Kier alpha value is -1.74. The first-order chi connectivity index (χ1) is 7.72. The molecule has 0 saturated carbocycles. The summed E-state index contributed by atoms with van der Waals surface area (Å²) in [5.74, 6) is 0.172. The maximum Gasteiger partial charge on any atom is 0.338 e. The molecule has 0 atom stereocenters. The third-order valence-electron chi connectivity index (χ3n) is 2.17. The zero-order valence-corrected chi connectivity index (χ0v) is 9.32. The van der Waals surface area contributed by atoms with Crippen LogP contribution in [-0.4, -0.2) is 13.1 Å². The van der Waals surface area contributed by atoms with E-state index in [1.165, 1.54) is 7.11 Å². The van der Waals surface area contributed by atoms with Gasteiger partial charge in [0, 0.05) is 10.6 Å². The highest BCUT2D eigenvalue weighted by atomic mass is 35.5. The van der Waals surface area contributed by atoms with E-state index in [4.69, 9.17) is 20.8 Å². The van der Waals surface area contributed by atoms with Gasteiger partial charge in [0.15, 0.2) is 0 Å². The summed E-state index contributed by atoms with van der Waals surface area (Å²) >= 11 is 5.84. The Morgan fingerprint density at radius 2 is 2.19 bits per heavy atom. The van der Waals surface area contributed by atoms with Crippen LogP contribution < -0.4 is 0 Å². The minimum Gasteiger partial charge on any atom is -0.465 e. The fourth-order valence-electron chi connectivity index (χ4n) is 1.44. The number of rotatable bonds is 2. The van der Waals surface area contributed by atoms with E-state index in [9.17, 15) is 4.79 Å². The molecule has 0 radical (unpaired) electrons. The van der Waals surface area contributed by atoms with Crippen molar-refractivity contribution < 1.29 is 13.9 Å². The molecule has 1 aromatic carbocycles. The van der Waals surface area contributed by atoms with Gasteiger partial charge in [-0.2, -0.15) is 0 Å². The Bertz CT molecular complexity index is 503. The van der Waals surface area contributed by atoms with E-state index in [2.05, 4.69) is 0 Å². The summed E-state index contributed by atoms with van der Waals surface area (Å²) in [7, 11) is 1.33. The number of ether oxygens (including phenoxy) is 1. The zero-order chi connectivity index (χ0) is 11.5. The van der Waals surface area contributed by atoms with Crippen LogP contribution in [0, 0.1) is 0 Å². The van der Waals surface area contributed by atoms with E-state index < -0.39 is 5.97 Å². The largest absolute Gasteiger partial charge is 0.465 e. The van der Waals surface area contributed by atoms with Crippen molar-refractivity contribution in [3.8, 4) is 11.3 Å². The molecule has 2 aromatic rings. The summed E-state index contributed by atoms with van der Waals surface area (Å²) in [4.78, 5) is 11.6. The lowest BCUT2D eigenvalue weighted by molar-refractivity contribution is 0.0601. The van der Waals surface area contributed by atoms with Crippen molar-refractivity contribution in [2.45, 2.75) is 0 Å². The fourth-order valence-corrected chi connectivity index (χ4v) is 1.61. The molecule has 0 fully saturated rings. The number of carbonyl (C=O) groups is 1. The van der Waals surface area contributed by atoms with Gasteiger partial charge in [-0.15, -0.1) is 0 Å². The first-order valence-corrected chi connectivity index (χ1v) is 5.02. The summed E-state index contributed by atoms with van der Waals surface area (Å²) in [6.45, 7) is 0. The molecule has 0 amide bonds. The third-order valence-corrected chi connectivity index (χ3v) is 2.41. The summed E-state index contributed by atoms with van der Waals surface area (Å²) in [5.41, 5.74) is 1.06. The number of esters is 1. The van der Waals surface area contributed by atoms with Gasteiger partial charge in [-0.05, 0) is 30.3 Å². The number of methoxy groups -OCH3 is 1. The number of furan rings is 1. The minimum atomic E-state index is -0.436. The average Bonchev–Trinajstić information content (AvgIpc) is 2.81. The van der Waals surface area contributed by atoms with Gasteiger partial charge >= 0.3 is 5.97 Å². The van der Waals surface area contributed by atoms with Crippen molar-refractivity contribution in [3.63, 3.8) is 0 Å². The minimum absolute atomic E-state index is 0.393. The monoisotopic (exact) mass is 236 g/mol. The molecular formula is C12H9ClO3. The first kappa shape index (κ1) is 10.8. The molecule has 1 aromatic heterocycles. The second-order valence-electron chi connectivity index (χ2n) is 3.16. The highest BCUT2D eigenvalue weighted by Crippen LogP contribution is 2.27. The van der Waals surface area contributed by atoms with Crippen molar-refractivity contribution in [1.82, 2.24) is 0 Å². The lowest BCUT2D eigenvalue weighted by Crippen LogP contribution is -2.03. The van der Waals surface area contributed by atoms with Gasteiger partial charge in [-0.1, -0.05) is 11.6 Å². The Morgan fingerprint density at radius 1 is 1.38 bits per heavy atom. The Kier molecular flexibility index (Phi) is 2.97. The lowest BCUT2D eigenvalue weighted by atomic mass is 10.1. The first-order valence-electron chi connectivity index (χ1n) is 4.64. The van der Waals surface area contributed by atoms with Crippen LogP contribution in [0.15, 0.2) is 41.0 Å². The molecule has 1 heterocycles. The van der Waals surface area contributed by atoms with Crippen LogP contribution in [0.5, 0.6) is 0 Å². The van der Waals surface area contributed by atoms with Crippen LogP contribution in [0.25, 0.3) is 11.3 Å². The molecule has 16 heavy (non-hydrogen) atoms. The summed E-state index contributed by atoms with van der Waals surface area (Å²) < 4.78 is 9.93. The molecular weight excluding hydrogens is 228 g/mol. The van der Waals surface area contributed by atoms with Crippen molar-refractivity contribution in [3.05, 3.63) is 47.2 Å². The predicted octanol–water partition coefficient (Wildman–Crippen LogP) is 3.39. The van der Waals surface area contributed by atoms with Crippen LogP contribution in [-0.2, 0) is 4.74 Å². The quantitative estimate of drug-likeness (QED) is 0.751. The second kappa shape index (κ2) is 4.41. The standard InChI is InChI=1S/C12H9ClO3/c1-15-12(14)10-7-8(13)4-5-9(10)11-3-2-6-16-11/h2-7H,1H3. The molecule has 0 aliphatic carbocycles. The molecule has 3 nitrogen and oxygen atoms in total. The molecule has 2 rings (SSSR count). The zero-order valence-electron chi connectivity index (χ0n) is 8.57. The van der Waals surface area contributed by atoms with Crippen LogP contribution in [0.4, 0.5) is 0 Å². The molecule has 0 bridgehead atoms. The van der Waals surface area contributed by atoms with Gasteiger partial charge in [-0.3, -0.25) is 0 Å². The van der Waals surface area contributed by atoms with E-state index in [1.807, 2.05) is 0 Å². The van der Waals surface area contributed by atoms with E-state index in [1.54, 1.807) is 36.6 Å². The highest BCUT2D eigenvalue weighted by Gasteiger charge is 2.15. The normalized spacial score (nSPS) is 10.1. The molecule has 82 valence electrons.